The molecular formula is C18H18N4O. The van der Waals surface area contributed by atoms with E-state index in [0.717, 1.165) is 16.6 Å². The normalized spacial score (nSPS) is 11.6. The highest BCUT2D eigenvalue weighted by Gasteiger charge is 2.07. The average Bonchev–Trinajstić information content (AvgIpc) is 2.95. The monoisotopic (exact) mass is 306 g/mol. The van der Waals surface area contributed by atoms with E-state index in [2.05, 4.69) is 20.3 Å². The fraction of sp³-hybridized carbons (Fsp3) is 0.167. The fourth-order valence-electron chi connectivity index (χ4n) is 2.29. The summed E-state index contributed by atoms with van der Waals surface area (Å²) in [5, 5.41) is 3.13. The summed E-state index contributed by atoms with van der Waals surface area (Å²) in [5.41, 5.74) is 2.92. The topological polar surface area (TPSA) is 70.1 Å². The van der Waals surface area contributed by atoms with Crippen LogP contribution in [0.2, 0.25) is 0 Å². The third kappa shape index (κ3) is 4.03. The van der Waals surface area contributed by atoms with Gasteiger partial charge in [-0.05, 0) is 24.6 Å². The number of amidine groups is 1. The Morgan fingerprint density at radius 3 is 2.61 bits per heavy atom. The lowest BCUT2D eigenvalue weighted by atomic mass is 10.2. The van der Waals surface area contributed by atoms with E-state index in [1.807, 2.05) is 54.6 Å². The zero-order valence-electron chi connectivity index (χ0n) is 12.9. The molecule has 0 aliphatic heterocycles. The van der Waals surface area contributed by atoms with Crippen molar-refractivity contribution in [1.29, 1.82) is 0 Å². The van der Waals surface area contributed by atoms with Gasteiger partial charge in [0.1, 0.15) is 11.6 Å². The average molecular weight is 306 g/mol. The summed E-state index contributed by atoms with van der Waals surface area (Å²) in [6.45, 7) is 2.08. The van der Waals surface area contributed by atoms with E-state index in [0.29, 0.717) is 18.3 Å². The zero-order valence-corrected chi connectivity index (χ0v) is 12.9. The highest BCUT2D eigenvalue weighted by Crippen LogP contribution is 2.14. The first-order valence-corrected chi connectivity index (χ1v) is 7.49. The van der Waals surface area contributed by atoms with Crippen LogP contribution in [0.3, 0.4) is 0 Å². The molecule has 0 aliphatic carbocycles. The molecule has 116 valence electrons. The van der Waals surface area contributed by atoms with Gasteiger partial charge in [-0.2, -0.15) is 0 Å². The number of rotatable bonds is 5. The number of aromatic amines is 1. The van der Waals surface area contributed by atoms with Crippen LogP contribution in [0.15, 0.2) is 59.6 Å². The van der Waals surface area contributed by atoms with Gasteiger partial charge in [-0.3, -0.25) is 9.79 Å². The summed E-state index contributed by atoms with van der Waals surface area (Å²) < 4.78 is 0. The molecule has 0 aliphatic rings. The minimum Gasteiger partial charge on any atom is -0.324 e. The Hall–Kier alpha value is -2.95. The van der Waals surface area contributed by atoms with Crippen LogP contribution in [-0.2, 0) is 11.3 Å². The van der Waals surface area contributed by atoms with Gasteiger partial charge in [0, 0.05) is 0 Å². The Morgan fingerprint density at radius 2 is 1.87 bits per heavy atom. The van der Waals surface area contributed by atoms with Crippen LogP contribution in [0.25, 0.3) is 11.0 Å². The van der Waals surface area contributed by atoms with E-state index in [9.17, 15) is 4.79 Å². The van der Waals surface area contributed by atoms with Crippen LogP contribution < -0.4 is 5.32 Å². The summed E-state index contributed by atoms with van der Waals surface area (Å²) >= 11 is 0. The van der Waals surface area contributed by atoms with E-state index >= 15 is 0 Å². The molecule has 0 radical (unpaired) electrons. The van der Waals surface area contributed by atoms with Crippen molar-refractivity contribution in [2.75, 3.05) is 5.32 Å². The first-order valence-electron chi connectivity index (χ1n) is 7.49. The molecule has 5 nitrogen and oxygen atoms in total. The molecular weight excluding hydrogens is 288 g/mol. The number of nitrogens with one attached hydrogen (secondary N) is 2. The Bertz CT molecular complexity index is 803. The second-order valence-electron chi connectivity index (χ2n) is 5.35. The van der Waals surface area contributed by atoms with Gasteiger partial charge in [0.05, 0.1) is 24.0 Å². The number of H-pyrrole nitrogens is 1. The van der Waals surface area contributed by atoms with Crippen molar-refractivity contribution in [3.63, 3.8) is 0 Å². The van der Waals surface area contributed by atoms with Gasteiger partial charge < -0.3 is 10.3 Å². The number of aromatic nitrogens is 2. The molecule has 0 unspecified atom stereocenters. The molecule has 3 rings (SSSR count). The van der Waals surface area contributed by atoms with Crippen LogP contribution >= 0.6 is 0 Å². The standard InChI is InChI=1S/C18H18N4O/c1-13(23)11-17(19-12-14-7-3-2-4-8-14)22-18-20-15-9-5-6-10-16(15)21-18/h2-10H,11-12H2,1H3,(H2,19,20,21,22). The Kier molecular flexibility index (Phi) is 4.47. The van der Waals surface area contributed by atoms with E-state index in [4.69, 9.17) is 0 Å². The number of nitrogens with zero attached hydrogens (tertiary/aromatic N) is 2. The number of carbonyl (C=O) groups is 1. The van der Waals surface area contributed by atoms with E-state index < -0.39 is 0 Å². The van der Waals surface area contributed by atoms with Crippen LogP contribution in [0, 0.1) is 0 Å². The molecule has 0 amide bonds. The van der Waals surface area contributed by atoms with E-state index in [1.165, 1.54) is 0 Å². The Morgan fingerprint density at radius 1 is 1.13 bits per heavy atom. The van der Waals surface area contributed by atoms with Crippen molar-refractivity contribution in [2.24, 2.45) is 4.99 Å². The summed E-state index contributed by atoms with van der Waals surface area (Å²) in [4.78, 5) is 23.6. The van der Waals surface area contributed by atoms with Gasteiger partial charge in [0.2, 0.25) is 5.95 Å². The number of carbonyl (C=O) groups excluding carboxylic acids is 1. The van der Waals surface area contributed by atoms with Crippen LogP contribution in [0.1, 0.15) is 18.9 Å². The number of hydrogen-bond acceptors (Lipinski definition) is 3. The highest BCUT2D eigenvalue weighted by atomic mass is 16.1. The number of Topliss-reactive ketones (excluding diaryl/α,β-unsaturated/α-hetero) is 1. The SMILES string of the molecule is CC(=O)CC(=NCc1ccccc1)Nc1nc2ccccc2[nH]1. The van der Waals surface area contributed by atoms with Crippen LogP contribution in [0.5, 0.6) is 0 Å². The van der Waals surface area contributed by atoms with E-state index in [-0.39, 0.29) is 12.2 Å². The number of para-hydroxylation sites is 2. The lowest BCUT2D eigenvalue weighted by Crippen LogP contribution is -2.16. The number of ketones is 1. The Balaban J connectivity index is 1.79. The first-order chi connectivity index (χ1) is 11.2. The van der Waals surface area contributed by atoms with Crippen molar-refractivity contribution >= 4 is 28.6 Å². The molecule has 0 spiro atoms. The molecule has 5 heteroatoms. The molecule has 0 fully saturated rings. The van der Waals surface area contributed by atoms with Crippen molar-refractivity contribution in [3.05, 3.63) is 60.2 Å². The van der Waals surface area contributed by atoms with Gasteiger partial charge in [-0.1, -0.05) is 42.5 Å². The third-order valence-corrected chi connectivity index (χ3v) is 3.36. The molecule has 2 N–H and O–H groups in total. The maximum absolute atomic E-state index is 11.5. The summed E-state index contributed by atoms with van der Waals surface area (Å²) in [7, 11) is 0. The quantitative estimate of drug-likeness (QED) is 0.559. The van der Waals surface area contributed by atoms with Gasteiger partial charge in [0.15, 0.2) is 0 Å². The maximum atomic E-state index is 11.5. The number of aliphatic imine (C=N–C) groups is 1. The molecule has 0 saturated heterocycles. The highest BCUT2D eigenvalue weighted by molar-refractivity contribution is 6.06. The summed E-state index contributed by atoms with van der Waals surface area (Å²) in [6, 6.07) is 17.7. The molecule has 1 aromatic heterocycles. The molecule has 0 saturated carbocycles. The van der Waals surface area contributed by atoms with Crippen LogP contribution in [0.4, 0.5) is 5.95 Å². The predicted molar refractivity (Wildman–Crippen MR) is 92.6 cm³/mol. The number of imidazole rings is 1. The molecule has 1 heterocycles. The zero-order chi connectivity index (χ0) is 16.1. The molecule has 0 bridgehead atoms. The second-order valence-corrected chi connectivity index (χ2v) is 5.35. The molecule has 3 aromatic rings. The van der Waals surface area contributed by atoms with Gasteiger partial charge in [0.25, 0.3) is 0 Å². The van der Waals surface area contributed by atoms with Crippen molar-refractivity contribution in [1.82, 2.24) is 9.97 Å². The second kappa shape index (κ2) is 6.87. The summed E-state index contributed by atoms with van der Waals surface area (Å²) in [6.07, 6.45) is 0.254. The maximum Gasteiger partial charge on any atom is 0.206 e. The lowest BCUT2D eigenvalue weighted by molar-refractivity contribution is -0.115. The van der Waals surface area contributed by atoms with Crippen LogP contribution in [-0.4, -0.2) is 21.6 Å². The van der Waals surface area contributed by atoms with Gasteiger partial charge >= 0.3 is 0 Å². The largest absolute Gasteiger partial charge is 0.324 e. The number of fused-ring (bicyclic) bond motifs is 1. The predicted octanol–water partition coefficient (Wildman–Crippen LogP) is 3.55. The van der Waals surface area contributed by atoms with Crippen molar-refractivity contribution < 1.29 is 4.79 Å². The number of benzene rings is 2. The molecule has 2 aromatic carbocycles. The third-order valence-electron chi connectivity index (χ3n) is 3.36. The molecule has 23 heavy (non-hydrogen) atoms. The lowest BCUT2D eigenvalue weighted by Gasteiger charge is -2.06. The minimum absolute atomic E-state index is 0.0559. The fourth-order valence-corrected chi connectivity index (χ4v) is 2.29. The Labute approximate surface area is 134 Å². The smallest absolute Gasteiger partial charge is 0.206 e. The number of anilines is 1. The van der Waals surface area contributed by atoms with Gasteiger partial charge in [-0.15, -0.1) is 0 Å². The number of hydrogen-bond donors (Lipinski definition) is 2. The summed E-state index contributed by atoms with van der Waals surface area (Å²) in [5.74, 6) is 1.26. The van der Waals surface area contributed by atoms with E-state index in [1.54, 1.807) is 6.92 Å². The van der Waals surface area contributed by atoms with Crippen molar-refractivity contribution in [3.8, 4) is 0 Å². The van der Waals surface area contributed by atoms with Crippen molar-refractivity contribution in [2.45, 2.75) is 19.9 Å². The first kappa shape index (κ1) is 15.0. The minimum atomic E-state index is 0.0559. The van der Waals surface area contributed by atoms with Gasteiger partial charge in [-0.25, -0.2) is 4.98 Å². The molecule has 0 atom stereocenters.